The lowest BCUT2D eigenvalue weighted by Gasteiger charge is -2.18. The van der Waals surface area contributed by atoms with Crippen molar-refractivity contribution in [3.8, 4) is 0 Å². The Kier molecular flexibility index (Phi) is 7.86. The zero-order valence-electron chi connectivity index (χ0n) is 16.2. The molecule has 2 amide bonds. The van der Waals surface area contributed by atoms with Crippen molar-refractivity contribution in [2.24, 2.45) is 0 Å². The minimum Gasteiger partial charge on any atom is -0.352 e. The Labute approximate surface area is 166 Å². The van der Waals surface area contributed by atoms with Crippen molar-refractivity contribution in [3.63, 3.8) is 0 Å². The summed E-state index contributed by atoms with van der Waals surface area (Å²) in [5.41, 5.74) is 2.98. The molecule has 2 aromatic carbocycles. The first-order valence-electron chi connectivity index (χ1n) is 9.23. The summed E-state index contributed by atoms with van der Waals surface area (Å²) in [4.78, 5) is 26.0. The minimum absolute atomic E-state index is 0.0729. The molecule has 0 radical (unpaired) electrons. The Morgan fingerprint density at radius 2 is 1.67 bits per heavy atom. The molecule has 0 spiro atoms. The second-order valence-corrected chi connectivity index (χ2v) is 7.45. The van der Waals surface area contributed by atoms with Crippen molar-refractivity contribution in [1.29, 1.82) is 0 Å². The second-order valence-electron chi connectivity index (χ2n) is 7.01. The maximum atomic E-state index is 12.3. The third-order valence-corrected chi connectivity index (χ3v) is 4.70. The molecule has 144 valence electrons. The quantitative estimate of drug-likeness (QED) is 0.672. The number of carbonyl (C=O) groups excluding carboxylic acids is 2. The number of halogens is 1. The fourth-order valence-electron chi connectivity index (χ4n) is 2.71. The van der Waals surface area contributed by atoms with E-state index in [0.29, 0.717) is 42.4 Å². The molecule has 2 rings (SSSR count). The van der Waals surface area contributed by atoms with Crippen LogP contribution in [0.25, 0.3) is 0 Å². The van der Waals surface area contributed by atoms with Gasteiger partial charge in [0.25, 0.3) is 5.91 Å². The maximum Gasteiger partial charge on any atom is 0.251 e. The lowest BCUT2D eigenvalue weighted by molar-refractivity contribution is -0.130. The predicted octanol–water partition coefficient (Wildman–Crippen LogP) is 4.63. The van der Waals surface area contributed by atoms with Gasteiger partial charge in [-0.2, -0.15) is 0 Å². The zero-order valence-corrected chi connectivity index (χ0v) is 16.9. The topological polar surface area (TPSA) is 49.4 Å². The van der Waals surface area contributed by atoms with E-state index in [-0.39, 0.29) is 11.8 Å². The first-order valence-corrected chi connectivity index (χ1v) is 9.61. The number of nitrogens with one attached hydrogen (secondary N) is 1. The molecule has 0 saturated carbocycles. The molecule has 0 aliphatic heterocycles. The molecule has 0 heterocycles. The van der Waals surface area contributed by atoms with Crippen LogP contribution in [0.3, 0.4) is 0 Å². The number of amides is 2. The van der Waals surface area contributed by atoms with Gasteiger partial charge in [0, 0.05) is 37.1 Å². The highest BCUT2D eigenvalue weighted by Gasteiger charge is 2.10. The summed E-state index contributed by atoms with van der Waals surface area (Å²) in [7, 11) is 1.81. The van der Waals surface area contributed by atoms with Crippen molar-refractivity contribution >= 4 is 23.4 Å². The fraction of sp³-hybridized carbons (Fsp3) is 0.364. The van der Waals surface area contributed by atoms with Crippen LogP contribution < -0.4 is 5.32 Å². The second kappa shape index (κ2) is 10.1. The van der Waals surface area contributed by atoms with Crippen LogP contribution in [0.4, 0.5) is 0 Å². The normalized spacial score (nSPS) is 10.7. The van der Waals surface area contributed by atoms with Crippen LogP contribution in [0.2, 0.25) is 5.02 Å². The van der Waals surface area contributed by atoms with Gasteiger partial charge in [0.15, 0.2) is 0 Å². The molecule has 0 fully saturated rings. The standard InChI is InChI=1S/C22H27ClN2O2/c1-16(2)18-8-6-17(7-9-18)15-25(3)21(26)5-4-14-24-22(27)19-10-12-20(23)13-11-19/h6-13,16H,4-5,14-15H2,1-3H3,(H,24,27). The molecule has 5 heteroatoms. The van der Waals surface area contributed by atoms with Gasteiger partial charge in [-0.1, -0.05) is 49.7 Å². The summed E-state index contributed by atoms with van der Waals surface area (Å²) in [6.45, 7) is 5.38. The summed E-state index contributed by atoms with van der Waals surface area (Å²) in [5, 5.41) is 3.42. The number of hydrogen-bond donors (Lipinski definition) is 1. The van der Waals surface area contributed by atoms with Crippen molar-refractivity contribution in [2.45, 2.75) is 39.2 Å². The average molecular weight is 387 g/mol. The van der Waals surface area contributed by atoms with Crippen LogP contribution in [-0.2, 0) is 11.3 Å². The molecule has 2 aromatic rings. The SMILES string of the molecule is CC(C)c1ccc(CN(C)C(=O)CCCNC(=O)c2ccc(Cl)cc2)cc1. The molecular weight excluding hydrogens is 360 g/mol. The summed E-state index contributed by atoms with van der Waals surface area (Å²) in [6, 6.07) is 15.1. The fourth-order valence-corrected chi connectivity index (χ4v) is 2.83. The Balaban J connectivity index is 1.71. The van der Waals surface area contributed by atoms with Gasteiger partial charge in [-0.15, -0.1) is 0 Å². The number of nitrogens with zero attached hydrogens (tertiary/aromatic N) is 1. The smallest absolute Gasteiger partial charge is 0.251 e. The van der Waals surface area contributed by atoms with Crippen LogP contribution in [0, 0.1) is 0 Å². The third-order valence-electron chi connectivity index (χ3n) is 4.45. The molecule has 0 aromatic heterocycles. The lowest BCUT2D eigenvalue weighted by Crippen LogP contribution is -2.28. The first kappa shape index (κ1) is 21.0. The van der Waals surface area contributed by atoms with Gasteiger partial charge in [0.1, 0.15) is 0 Å². The number of carbonyl (C=O) groups is 2. The van der Waals surface area contributed by atoms with Crippen LogP contribution in [0.15, 0.2) is 48.5 Å². The molecule has 0 aliphatic rings. The Bertz CT molecular complexity index is 755. The zero-order chi connectivity index (χ0) is 19.8. The van der Waals surface area contributed by atoms with Gasteiger partial charge in [-0.25, -0.2) is 0 Å². The lowest BCUT2D eigenvalue weighted by atomic mass is 10.0. The average Bonchev–Trinajstić information content (AvgIpc) is 2.65. The van der Waals surface area contributed by atoms with E-state index in [9.17, 15) is 9.59 Å². The highest BCUT2D eigenvalue weighted by molar-refractivity contribution is 6.30. The van der Waals surface area contributed by atoms with Gasteiger partial charge in [-0.05, 0) is 47.7 Å². The van der Waals surface area contributed by atoms with Crippen LogP contribution in [0.1, 0.15) is 54.1 Å². The molecule has 0 unspecified atom stereocenters. The number of benzene rings is 2. The highest BCUT2D eigenvalue weighted by atomic mass is 35.5. The number of hydrogen-bond acceptors (Lipinski definition) is 2. The van der Waals surface area contributed by atoms with E-state index >= 15 is 0 Å². The van der Waals surface area contributed by atoms with Gasteiger partial charge in [0.2, 0.25) is 5.91 Å². The van der Waals surface area contributed by atoms with E-state index in [2.05, 4.69) is 43.4 Å². The van der Waals surface area contributed by atoms with Crippen LogP contribution in [0.5, 0.6) is 0 Å². The summed E-state index contributed by atoms with van der Waals surface area (Å²) < 4.78 is 0. The summed E-state index contributed by atoms with van der Waals surface area (Å²) in [6.07, 6.45) is 1.01. The molecule has 27 heavy (non-hydrogen) atoms. The molecule has 0 bridgehead atoms. The molecule has 0 atom stereocenters. The van der Waals surface area contributed by atoms with E-state index < -0.39 is 0 Å². The highest BCUT2D eigenvalue weighted by Crippen LogP contribution is 2.15. The van der Waals surface area contributed by atoms with E-state index in [1.165, 1.54) is 5.56 Å². The van der Waals surface area contributed by atoms with Crippen LogP contribution >= 0.6 is 11.6 Å². The van der Waals surface area contributed by atoms with Crippen molar-refractivity contribution in [2.75, 3.05) is 13.6 Å². The molecular formula is C22H27ClN2O2. The molecule has 1 N–H and O–H groups in total. The first-order chi connectivity index (χ1) is 12.9. The van der Waals surface area contributed by atoms with E-state index in [1.807, 2.05) is 7.05 Å². The van der Waals surface area contributed by atoms with Crippen molar-refractivity contribution < 1.29 is 9.59 Å². The Hall–Kier alpha value is -2.33. The summed E-state index contributed by atoms with van der Waals surface area (Å²) >= 11 is 5.81. The van der Waals surface area contributed by atoms with E-state index in [4.69, 9.17) is 11.6 Å². The Morgan fingerprint density at radius 1 is 1.04 bits per heavy atom. The van der Waals surface area contributed by atoms with Gasteiger partial charge in [-0.3, -0.25) is 9.59 Å². The minimum atomic E-state index is -0.155. The van der Waals surface area contributed by atoms with Crippen molar-refractivity contribution in [1.82, 2.24) is 10.2 Å². The van der Waals surface area contributed by atoms with Gasteiger partial charge < -0.3 is 10.2 Å². The monoisotopic (exact) mass is 386 g/mol. The third kappa shape index (κ3) is 6.72. The van der Waals surface area contributed by atoms with E-state index in [1.54, 1.807) is 29.2 Å². The van der Waals surface area contributed by atoms with Crippen molar-refractivity contribution in [3.05, 3.63) is 70.2 Å². The largest absolute Gasteiger partial charge is 0.352 e. The van der Waals surface area contributed by atoms with E-state index in [0.717, 1.165) is 5.56 Å². The molecule has 4 nitrogen and oxygen atoms in total. The molecule has 0 saturated heterocycles. The summed E-state index contributed by atoms with van der Waals surface area (Å²) in [5.74, 6) is 0.419. The number of rotatable bonds is 8. The van der Waals surface area contributed by atoms with Crippen LogP contribution in [-0.4, -0.2) is 30.3 Å². The van der Waals surface area contributed by atoms with Gasteiger partial charge >= 0.3 is 0 Å². The molecule has 0 aliphatic carbocycles. The predicted molar refractivity (Wildman–Crippen MR) is 110 cm³/mol. The maximum absolute atomic E-state index is 12.3. The van der Waals surface area contributed by atoms with Gasteiger partial charge in [0.05, 0.1) is 0 Å². The Morgan fingerprint density at radius 3 is 2.26 bits per heavy atom.